The van der Waals surface area contributed by atoms with Crippen molar-refractivity contribution in [2.45, 2.75) is 31.6 Å². The van der Waals surface area contributed by atoms with Gasteiger partial charge in [0.1, 0.15) is 4.90 Å². The van der Waals surface area contributed by atoms with Crippen molar-refractivity contribution in [3.63, 3.8) is 0 Å². The lowest BCUT2D eigenvalue weighted by Crippen LogP contribution is -2.16. The number of benzene rings is 1. The highest BCUT2D eigenvalue weighted by atomic mass is 32.2. The van der Waals surface area contributed by atoms with Crippen molar-refractivity contribution in [2.75, 3.05) is 0 Å². The second kappa shape index (κ2) is 4.56. The van der Waals surface area contributed by atoms with Crippen LogP contribution in [0.25, 0.3) is 0 Å². The minimum absolute atomic E-state index is 0.255. The normalized spacial score (nSPS) is 16.0. The first-order valence-corrected chi connectivity index (χ1v) is 8.03. The Morgan fingerprint density at radius 1 is 1.15 bits per heavy atom. The summed E-state index contributed by atoms with van der Waals surface area (Å²) in [4.78, 5) is 0.255. The molecule has 0 spiro atoms. The Labute approximate surface area is 118 Å². The van der Waals surface area contributed by atoms with Gasteiger partial charge in [-0.3, -0.25) is 0 Å². The smallest absolute Gasteiger partial charge is 0.218 e. The fraction of sp³-hybridized carbons (Fsp3) is 0.286. The third kappa shape index (κ3) is 1.87. The molecule has 0 saturated carbocycles. The highest BCUT2D eigenvalue weighted by Gasteiger charge is 2.30. The van der Waals surface area contributed by atoms with E-state index in [9.17, 15) is 8.42 Å². The maximum Gasteiger partial charge on any atom is 0.285 e. The van der Waals surface area contributed by atoms with Gasteiger partial charge in [0.15, 0.2) is 5.84 Å². The van der Waals surface area contributed by atoms with E-state index in [0.29, 0.717) is 11.4 Å². The van der Waals surface area contributed by atoms with Gasteiger partial charge < -0.3 is 0 Å². The molecule has 0 radical (unpaired) electrons. The van der Waals surface area contributed by atoms with Crippen LogP contribution in [0.4, 0.5) is 0 Å². The number of nitrogens with zero attached hydrogens (tertiary/aromatic N) is 3. The maximum atomic E-state index is 12.1. The highest BCUT2D eigenvalue weighted by molar-refractivity contribution is 7.90. The number of aryl methyl sites for hydroxylation is 2. The first-order valence-electron chi connectivity index (χ1n) is 6.59. The predicted molar refractivity (Wildman–Crippen MR) is 76.5 cm³/mol. The van der Waals surface area contributed by atoms with Gasteiger partial charge in [-0.25, -0.2) is 4.68 Å². The van der Waals surface area contributed by atoms with Crippen LogP contribution in [0, 0.1) is 0 Å². The lowest BCUT2D eigenvalue weighted by Gasteiger charge is -2.05. The van der Waals surface area contributed by atoms with E-state index in [-0.39, 0.29) is 4.90 Å². The molecule has 0 atom stereocenters. The van der Waals surface area contributed by atoms with Crippen molar-refractivity contribution in [3.8, 4) is 0 Å². The molecule has 0 unspecified atom stereocenters. The summed E-state index contributed by atoms with van der Waals surface area (Å²) in [7, 11) is -3.60. The first-order chi connectivity index (χ1) is 9.56. The van der Waals surface area contributed by atoms with Gasteiger partial charge in [0.05, 0.1) is 5.69 Å². The van der Waals surface area contributed by atoms with Gasteiger partial charge in [-0.15, -0.1) is 4.40 Å². The van der Waals surface area contributed by atoms with E-state index in [2.05, 4.69) is 9.50 Å². The Morgan fingerprint density at radius 3 is 2.60 bits per heavy atom. The zero-order chi connectivity index (χ0) is 14.3. The Morgan fingerprint density at radius 2 is 1.90 bits per heavy atom. The minimum atomic E-state index is -3.60. The number of hydrogen-bond acceptors (Lipinski definition) is 3. The van der Waals surface area contributed by atoms with E-state index in [1.807, 2.05) is 26.0 Å². The molecule has 0 bridgehead atoms. The van der Waals surface area contributed by atoms with Crippen molar-refractivity contribution in [2.24, 2.45) is 4.40 Å². The number of fused-ring (bicyclic) bond motifs is 1. The van der Waals surface area contributed by atoms with Gasteiger partial charge in [-0.05, 0) is 31.0 Å². The number of rotatable bonds is 2. The zero-order valence-electron chi connectivity index (χ0n) is 11.4. The van der Waals surface area contributed by atoms with Crippen molar-refractivity contribution >= 4 is 15.9 Å². The molecule has 3 rings (SSSR count). The van der Waals surface area contributed by atoms with Crippen LogP contribution in [0.1, 0.15) is 30.8 Å². The van der Waals surface area contributed by atoms with Crippen LogP contribution in [0.3, 0.4) is 0 Å². The van der Waals surface area contributed by atoms with Gasteiger partial charge in [-0.2, -0.15) is 13.5 Å². The monoisotopic (exact) mass is 289 g/mol. The number of sulfonamides is 1. The summed E-state index contributed by atoms with van der Waals surface area (Å²) in [6.07, 6.45) is 1.58. The molecule has 1 aromatic heterocycles. The molecule has 0 saturated heterocycles. The van der Waals surface area contributed by atoms with Gasteiger partial charge in [0.25, 0.3) is 10.0 Å². The third-order valence-electron chi connectivity index (χ3n) is 3.37. The van der Waals surface area contributed by atoms with Crippen LogP contribution >= 0.6 is 0 Å². The molecule has 0 N–H and O–H groups in total. The molecule has 0 amide bonds. The molecule has 1 aromatic carbocycles. The molecule has 104 valence electrons. The molecule has 5 nitrogen and oxygen atoms in total. The molecule has 1 aliphatic heterocycles. The molecule has 20 heavy (non-hydrogen) atoms. The van der Waals surface area contributed by atoms with E-state index in [1.54, 1.807) is 22.9 Å². The van der Waals surface area contributed by atoms with Crippen LogP contribution in [0.5, 0.6) is 0 Å². The van der Waals surface area contributed by atoms with Gasteiger partial charge in [0.2, 0.25) is 0 Å². The first kappa shape index (κ1) is 13.1. The fourth-order valence-corrected chi connectivity index (χ4v) is 3.51. The highest BCUT2D eigenvalue weighted by Crippen LogP contribution is 2.27. The molecular weight excluding hydrogens is 274 g/mol. The minimum Gasteiger partial charge on any atom is -0.218 e. The SMILES string of the molecule is CCc1cc(CC)n(C2=NS(=O)(=O)c3ccccc32)n1. The van der Waals surface area contributed by atoms with Gasteiger partial charge in [-0.1, -0.05) is 26.0 Å². The van der Waals surface area contributed by atoms with Crippen LogP contribution in [-0.4, -0.2) is 24.0 Å². The summed E-state index contributed by atoms with van der Waals surface area (Å²) in [5.41, 5.74) is 2.52. The number of hydrogen-bond donors (Lipinski definition) is 0. The second-order valence-corrected chi connectivity index (χ2v) is 6.20. The summed E-state index contributed by atoms with van der Waals surface area (Å²) in [6.45, 7) is 4.04. The summed E-state index contributed by atoms with van der Waals surface area (Å²) >= 11 is 0. The van der Waals surface area contributed by atoms with Crippen molar-refractivity contribution in [1.29, 1.82) is 0 Å². The van der Waals surface area contributed by atoms with E-state index < -0.39 is 10.0 Å². The third-order valence-corrected chi connectivity index (χ3v) is 4.70. The molecule has 2 heterocycles. The van der Waals surface area contributed by atoms with E-state index in [0.717, 1.165) is 24.2 Å². The van der Waals surface area contributed by atoms with Crippen LogP contribution in [0.2, 0.25) is 0 Å². The predicted octanol–water partition coefficient (Wildman–Crippen LogP) is 2.01. The average molecular weight is 289 g/mol. The van der Waals surface area contributed by atoms with Crippen LogP contribution < -0.4 is 0 Å². The van der Waals surface area contributed by atoms with Gasteiger partial charge >= 0.3 is 0 Å². The summed E-state index contributed by atoms with van der Waals surface area (Å²) in [5, 5.41) is 4.47. The van der Waals surface area contributed by atoms with E-state index in [4.69, 9.17) is 0 Å². The van der Waals surface area contributed by atoms with Gasteiger partial charge in [0, 0.05) is 11.3 Å². The standard InChI is InChI=1S/C14H15N3O2S/c1-3-10-9-11(4-2)17(15-10)14-12-7-5-6-8-13(12)20(18,19)16-14/h5-9H,3-4H2,1-2H3. The van der Waals surface area contributed by atoms with Crippen molar-refractivity contribution < 1.29 is 8.42 Å². The zero-order valence-corrected chi connectivity index (χ0v) is 12.2. The molecular formula is C14H15N3O2S. The molecule has 6 heteroatoms. The Hall–Kier alpha value is -1.95. The summed E-state index contributed by atoms with van der Waals surface area (Å²) < 4.78 is 29.7. The lowest BCUT2D eigenvalue weighted by atomic mass is 10.2. The van der Waals surface area contributed by atoms with Crippen molar-refractivity contribution in [1.82, 2.24) is 9.78 Å². The number of aromatic nitrogens is 2. The van der Waals surface area contributed by atoms with E-state index >= 15 is 0 Å². The van der Waals surface area contributed by atoms with Crippen molar-refractivity contribution in [3.05, 3.63) is 47.3 Å². The second-order valence-electron chi connectivity index (χ2n) is 4.63. The largest absolute Gasteiger partial charge is 0.285 e. The summed E-state index contributed by atoms with van der Waals surface area (Å²) in [5.74, 6) is 0.400. The molecule has 2 aromatic rings. The Bertz CT molecular complexity index is 804. The average Bonchev–Trinajstić information content (AvgIpc) is 2.98. The fourth-order valence-electron chi connectivity index (χ4n) is 2.32. The lowest BCUT2D eigenvalue weighted by molar-refractivity contribution is 0.599. The van der Waals surface area contributed by atoms with E-state index in [1.165, 1.54) is 0 Å². The molecule has 0 aliphatic carbocycles. The molecule has 1 aliphatic rings. The quantitative estimate of drug-likeness (QED) is 0.849. The maximum absolute atomic E-state index is 12.1. The molecule has 0 fully saturated rings. The Kier molecular flexibility index (Phi) is 2.97. The Balaban J connectivity index is 2.24. The van der Waals surface area contributed by atoms with Crippen LogP contribution in [0.15, 0.2) is 39.6 Å². The van der Waals surface area contributed by atoms with Crippen LogP contribution in [-0.2, 0) is 22.9 Å². The summed E-state index contributed by atoms with van der Waals surface area (Å²) in [6, 6.07) is 8.86. The topological polar surface area (TPSA) is 64.3 Å².